The summed E-state index contributed by atoms with van der Waals surface area (Å²) in [5.41, 5.74) is 0.471. The Balaban J connectivity index is 0.00000144. The summed E-state index contributed by atoms with van der Waals surface area (Å²) in [4.78, 5) is 6.83. The normalized spacial score (nSPS) is 28.6. The molecule has 1 saturated heterocycles. The van der Waals surface area contributed by atoms with Crippen LogP contribution in [-0.4, -0.2) is 37.0 Å². The largest absolute Gasteiger partial charge is 0.353 e. The van der Waals surface area contributed by atoms with E-state index in [9.17, 15) is 0 Å². The van der Waals surface area contributed by atoms with Gasteiger partial charge >= 0.3 is 0 Å². The number of hydrogen-bond donors (Lipinski definition) is 1. The molecule has 1 saturated carbocycles. The molecule has 1 aliphatic heterocycles. The summed E-state index contributed by atoms with van der Waals surface area (Å²) < 4.78 is 0. The van der Waals surface area contributed by atoms with Crippen LogP contribution in [0.2, 0.25) is 0 Å². The van der Waals surface area contributed by atoms with Crippen molar-refractivity contribution in [1.82, 2.24) is 10.2 Å². The number of guanidine groups is 1. The Hall–Kier alpha value is 0. The van der Waals surface area contributed by atoms with Crippen molar-refractivity contribution in [3.8, 4) is 0 Å². The lowest BCUT2D eigenvalue weighted by Crippen LogP contribution is -2.46. The van der Waals surface area contributed by atoms with E-state index in [1.807, 2.05) is 7.05 Å². The van der Waals surface area contributed by atoms with Crippen molar-refractivity contribution < 1.29 is 0 Å². The lowest BCUT2D eigenvalue weighted by Gasteiger charge is -2.33. The highest BCUT2D eigenvalue weighted by Crippen LogP contribution is 2.44. The summed E-state index contributed by atoms with van der Waals surface area (Å²) in [5.74, 6) is 1.99. The van der Waals surface area contributed by atoms with E-state index in [-0.39, 0.29) is 24.0 Å². The average molecular weight is 351 g/mol. The Morgan fingerprint density at radius 1 is 1.29 bits per heavy atom. The van der Waals surface area contributed by atoms with Gasteiger partial charge in [-0.3, -0.25) is 4.99 Å². The van der Waals surface area contributed by atoms with E-state index in [0.29, 0.717) is 11.5 Å². The highest BCUT2D eigenvalue weighted by atomic mass is 127. The van der Waals surface area contributed by atoms with Crippen LogP contribution in [0.5, 0.6) is 0 Å². The lowest BCUT2D eigenvalue weighted by atomic mass is 9.99. The third kappa shape index (κ3) is 3.73. The molecular weight excluding hydrogens is 325 g/mol. The highest BCUT2D eigenvalue weighted by Gasteiger charge is 2.46. The zero-order chi connectivity index (χ0) is 11.8. The van der Waals surface area contributed by atoms with Gasteiger partial charge in [0.15, 0.2) is 5.96 Å². The second kappa shape index (κ2) is 5.76. The summed E-state index contributed by atoms with van der Waals surface area (Å²) in [6, 6.07) is 0.630. The van der Waals surface area contributed by atoms with Crippen molar-refractivity contribution in [3.63, 3.8) is 0 Å². The van der Waals surface area contributed by atoms with Gasteiger partial charge in [-0.2, -0.15) is 0 Å². The van der Waals surface area contributed by atoms with Crippen LogP contribution in [0.15, 0.2) is 4.99 Å². The fourth-order valence-corrected chi connectivity index (χ4v) is 2.39. The van der Waals surface area contributed by atoms with E-state index in [0.717, 1.165) is 25.0 Å². The first-order chi connectivity index (χ1) is 7.53. The minimum Gasteiger partial charge on any atom is -0.353 e. The second-order valence-corrected chi connectivity index (χ2v) is 6.11. The Morgan fingerprint density at radius 3 is 2.24 bits per heavy atom. The van der Waals surface area contributed by atoms with Crippen LogP contribution in [0.4, 0.5) is 0 Å². The van der Waals surface area contributed by atoms with Crippen LogP contribution >= 0.6 is 24.0 Å². The summed E-state index contributed by atoms with van der Waals surface area (Å²) >= 11 is 0. The fourth-order valence-electron chi connectivity index (χ4n) is 2.39. The molecule has 0 aromatic carbocycles. The van der Waals surface area contributed by atoms with Gasteiger partial charge in [-0.25, -0.2) is 0 Å². The number of nitrogens with zero attached hydrogens (tertiary/aromatic N) is 2. The number of piperidine rings is 1. The molecule has 0 bridgehead atoms. The Labute approximate surface area is 122 Å². The van der Waals surface area contributed by atoms with Crippen LogP contribution in [0.25, 0.3) is 0 Å². The zero-order valence-electron chi connectivity index (χ0n) is 11.5. The van der Waals surface area contributed by atoms with Gasteiger partial charge in [0.25, 0.3) is 0 Å². The van der Waals surface area contributed by atoms with Crippen molar-refractivity contribution >= 4 is 29.9 Å². The van der Waals surface area contributed by atoms with E-state index < -0.39 is 0 Å². The van der Waals surface area contributed by atoms with Crippen molar-refractivity contribution in [1.29, 1.82) is 0 Å². The maximum atomic E-state index is 4.41. The highest BCUT2D eigenvalue weighted by molar-refractivity contribution is 14.0. The summed E-state index contributed by atoms with van der Waals surface area (Å²) in [7, 11) is 1.90. The maximum absolute atomic E-state index is 4.41. The van der Waals surface area contributed by atoms with Crippen molar-refractivity contribution in [2.75, 3.05) is 20.1 Å². The van der Waals surface area contributed by atoms with Gasteiger partial charge in [0.1, 0.15) is 0 Å². The monoisotopic (exact) mass is 351 g/mol. The first-order valence-electron chi connectivity index (χ1n) is 6.51. The molecule has 0 aromatic rings. The van der Waals surface area contributed by atoms with Crippen LogP contribution < -0.4 is 5.32 Å². The maximum Gasteiger partial charge on any atom is 0.193 e. The predicted molar refractivity (Wildman–Crippen MR) is 84.1 cm³/mol. The first-order valence-corrected chi connectivity index (χ1v) is 6.51. The van der Waals surface area contributed by atoms with Gasteiger partial charge in [-0.05, 0) is 30.6 Å². The van der Waals surface area contributed by atoms with Gasteiger partial charge < -0.3 is 10.2 Å². The van der Waals surface area contributed by atoms with Crippen molar-refractivity contribution in [3.05, 3.63) is 0 Å². The van der Waals surface area contributed by atoms with Gasteiger partial charge in [-0.15, -0.1) is 24.0 Å². The molecule has 2 aliphatic rings. The lowest BCUT2D eigenvalue weighted by molar-refractivity contribution is 0.272. The molecule has 1 unspecified atom stereocenters. The molecule has 0 radical (unpaired) electrons. The number of halogens is 1. The van der Waals surface area contributed by atoms with Gasteiger partial charge in [0, 0.05) is 26.2 Å². The molecule has 0 amide bonds. The van der Waals surface area contributed by atoms with Gasteiger partial charge in [0.2, 0.25) is 0 Å². The summed E-state index contributed by atoms with van der Waals surface area (Å²) in [6.07, 6.45) is 3.87. The van der Waals surface area contributed by atoms with Crippen LogP contribution in [0.3, 0.4) is 0 Å². The van der Waals surface area contributed by atoms with E-state index in [1.165, 1.54) is 19.3 Å². The molecule has 1 atom stereocenters. The molecule has 100 valence electrons. The molecule has 3 nitrogen and oxygen atoms in total. The quantitative estimate of drug-likeness (QED) is 0.447. The number of aliphatic imine (C=N–C) groups is 1. The van der Waals surface area contributed by atoms with Gasteiger partial charge in [-0.1, -0.05) is 20.8 Å². The van der Waals surface area contributed by atoms with Crippen molar-refractivity contribution in [2.24, 2.45) is 16.3 Å². The number of hydrogen-bond acceptors (Lipinski definition) is 1. The SMILES string of the molecule is CN=C(NC1CC1(C)C)N1CCC(C)CC1.I. The molecule has 1 aliphatic carbocycles. The summed E-state index contributed by atoms with van der Waals surface area (Å²) in [5, 5.41) is 3.59. The third-order valence-electron chi connectivity index (χ3n) is 4.11. The summed E-state index contributed by atoms with van der Waals surface area (Å²) in [6.45, 7) is 9.30. The first kappa shape index (κ1) is 15.1. The predicted octanol–water partition coefficient (Wildman–Crippen LogP) is 2.71. The molecule has 17 heavy (non-hydrogen) atoms. The Morgan fingerprint density at radius 2 is 1.82 bits per heavy atom. The van der Waals surface area contributed by atoms with Crippen molar-refractivity contribution in [2.45, 2.75) is 46.1 Å². The average Bonchev–Trinajstić information content (AvgIpc) is 2.84. The standard InChI is InChI=1S/C13H25N3.HI/c1-10-5-7-16(8-6-10)12(14-4)15-11-9-13(11,2)3;/h10-11H,5-9H2,1-4H3,(H,14,15);1H. The second-order valence-electron chi connectivity index (χ2n) is 6.11. The molecule has 0 aromatic heterocycles. The Kier molecular flexibility index (Phi) is 5.10. The molecule has 2 rings (SSSR count). The van der Waals surface area contributed by atoms with Crippen LogP contribution in [-0.2, 0) is 0 Å². The molecule has 1 N–H and O–H groups in total. The molecule has 4 heteroatoms. The van der Waals surface area contributed by atoms with Gasteiger partial charge in [0.05, 0.1) is 0 Å². The smallest absolute Gasteiger partial charge is 0.193 e. The third-order valence-corrected chi connectivity index (χ3v) is 4.11. The Bertz CT molecular complexity index is 280. The van der Waals surface area contributed by atoms with E-state index in [4.69, 9.17) is 0 Å². The number of rotatable bonds is 1. The topological polar surface area (TPSA) is 27.6 Å². The molecule has 2 fully saturated rings. The van der Waals surface area contributed by atoms with E-state index >= 15 is 0 Å². The zero-order valence-corrected chi connectivity index (χ0v) is 13.8. The minimum absolute atomic E-state index is 0. The number of nitrogens with one attached hydrogen (secondary N) is 1. The van der Waals surface area contributed by atoms with Crippen LogP contribution in [0.1, 0.15) is 40.0 Å². The molecular formula is C13H26IN3. The minimum atomic E-state index is 0. The molecule has 1 heterocycles. The van der Waals surface area contributed by atoms with Crippen LogP contribution in [0, 0.1) is 11.3 Å². The van der Waals surface area contributed by atoms with E-state index in [2.05, 4.69) is 36.0 Å². The number of likely N-dealkylation sites (tertiary alicyclic amines) is 1. The fraction of sp³-hybridized carbons (Fsp3) is 0.923. The van der Waals surface area contributed by atoms with E-state index in [1.54, 1.807) is 0 Å². The molecule has 0 spiro atoms.